The molecule has 5 heteroatoms. The van der Waals surface area contributed by atoms with Gasteiger partial charge in [-0.15, -0.1) is 5.10 Å². The minimum atomic E-state index is 0.0737. The number of rotatable bonds is 1. The zero-order valence-electron chi connectivity index (χ0n) is 8.48. The van der Waals surface area contributed by atoms with Crippen LogP contribution in [0.1, 0.15) is 48.6 Å². The summed E-state index contributed by atoms with van der Waals surface area (Å²) in [6.45, 7) is 0. The number of aromatic nitrogens is 3. The van der Waals surface area contributed by atoms with Crippen molar-refractivity contribution in [3.63, 3.8) is 0 Å². The third-order valence-corrected chi connectivity index (χ3v) is 4.04. The van der Waals surface area contributed by atoms with E-state index in [9.17, 15) is 4.79 Å². The van der Waals surface area contributed by atoms with Crippen LogP contribution < -0.4 is 0 Å². The number of carbonyl (C=O) groups is 1. The van der Waals surface area contributed by atoms with E-state index in [0.29, 0.717) is 11.7 Å². The molecule has 1 saturated carbocycles. The SMILES string of the molecule is O=C1CSc2nc(C3CCCCC3)nn21. The average molecular weight is 223 g/mol. The predicted molar refractivity (Wildman–Crippen MR) is 57.2 cm³/mol. The van der Waals surface area contributed by atoms with Gasteiger partial charge in [-0.1, -0.05) is 31.0 Å². The van der Waals surface area contributed by atoms with E-state index in [2.05, 4.69) is 10.1 Å². The van der Waals surface area contributed by atoms with Crippen LogP contribution in [0.3, 0.4) is 0 Å². The van der Waals surface area contributed by atoms with Crippen molar-refractivity contribution in [3.8, 4) is 0 Å². The second kappa shape index (κ2) is 3.63. The van der Waals surface area contributed by atoms with Crippen molar-refractivity contribution in [1.82, 2.24) is 14.8 Å². The van der Waals surface area contributed by atoms with E-state index in [1.165, 1.54) is 48.5 Å². The highest BCUT2D eigenvalue weighted by atomic mass is 32.2. The largest absolute Gasteiger partial charge is 0.271 e. The van der Waals surface area contributed by atoms with E-state index in [1.54, 1.807) is 0 Å². The Morgan fingerprint density at radius 3 is 2.80 bits per heavy atom. The molecule has 80 valence electrons. The zero-order chi connectivity index (χ0) is 10.3. The van der Waals surface area contributed by atoms with Gasteiger partial charge in [-0.25, -0.2) is 4.98 Å². The molecule has 0 atom stereocenters. The summed E-state index contributed by atoms with van der Waals surface area (Å²) < 4.78 is 1.48. The Kier molecular flexibility index (Phi) is 2.27. The van der Waals surface area contributed by atoms with Crippen molar-refractivity contribution in [2.75, 3.05) is 5.75 Å². The van der Waals surface area contributed by atoms with Crippen molar-refractivity contribution in [2.45, 2.75) is 43.2 Å². The Labute approximate surface area is 92.5 Å². The maximum atomic E-state index is 11.4. The maximum absolute atomic E-state index is 11.4. The Morgan fingerprint density at radius 1 is 1.27 bits per heavy atom. The molecule has 0 saturated heterocycles. The van der Waals surface area contributed by atoms with Crippen LogP contribution in [0.5, 0.6) is 0 Å². The van der Waals surface area contributed by atoms with Gasteiger partial charge in [-0.2, -0.15) is 4.68 Å². The fourth-order valence-electron chi connectivity index (χ4n) is 2.29. The van der Waals surface area contributed by atoms with Crippen LogP contribution in [-0.4, -0.2) is 26.4 Å². The number of fused-ring (bicyclic) bond motifs is 1. The lowest BCUT2D eigenvalue weighted by Gasteiger charge is -2.18. The summed E-state index contributed by atoms with van der Waals surface area (Å²) in [7, 11) is 0. The maximum Gasteiger partial charge on any atom is 0.259 e. The third-order valence-electron chi connectivity index (χ3n) is 3.13. The molecule has 1 fully saturated rings. The highest BCUT2D eigenvalue weighted by Crippen LogP contribution is 2.33. The molecule has 0 amide bonds. The quantitative estimate of drug-likeness (QED) is 0.731. The summed E-state index contributed by atoms with van der Waals surface area (Å²) in [5, 5.41) is 5.12. The molecule has 1 aliphatic carbocycles. The van der Waals surface area contributed by atoms with E-state index in [1.807, 2.05) is 0 Å². The molecule has 0 N–H and O–H groups in total. The second-order valence-corrected chi connectivity index (χ2v) is 5.12. The van der Waals surface area contributed by atoms with Crippen molar-refractivity contribution >= 4 is 17.7 Å². The van der Waals surface area contributed by atoms with Gasteiger partial charge < -0.3 is 0 Å². The molecule has 0 spiro atoms. The lowest BCUT2D eigenvalue weighted by atomic mass is 9.89. The van der Waals surface area contributed by atoms with Gasteiger partial charge >= 0.3 is 0 Å². The zero-order valence-corrected chi connectivity index (χ0v) is 9.29. The molecule has 1 aromatic heterocycles. The minimum absolute atomic E-state index is 0.0737. The van der Waals surface area contributed by atoms with Crippen LogP contribution in [0.15, 0.2) is 5.16 Å². The second-order valence-electron chi connectivity index (χ2n) is 4.18. The predicted octanol–water partition coefficient (Wildman–Crippen LogP) is 2.07. The van der Waals surface area contributed by atoms with Crippen LogP contribution in [0.25, 0.3) is 0 Å². The lowest BCUT2D eigenvalue weighted by Crippen LogP contribution is -2.11. The van der Waals surface area contributed by atoms with Crippen LogP contribution in [-0.2, 0) is 0 Å². The normalized spacial score (nSPS) is 22.0. The van der Waals surface area contributed by atoms with Crippen LogP contribution >= 0.6 is 11.8 Å². The highest BCUT2D eigenvalue weighted by molar-refractivity contribution is 8.00. The summed E-state index contributed by atoms with van der Waals surface area (Å²) >= 11 is 1.50. The van der Waals surface area contributed by atoms with Gasteiger partial charge in [0.1, 0.15) is 0 Å². The van der Waals surface area contributed by atoms with Gasteiger partial charge in [0.15, 0.2) is 11.0 Å². The highest BCUT2D eigenvalue weighted by Gasteiger charge is 2.27. The molecule has 0 bridgehead atoms. The molecule has 0 aromatic carbocycles. The molecule has 0 radical (unpaired) electrons. The molecule has 1 aromatic rings. The first-order valence-electron chi connectivity index (χ1n) is 5.47. The number of thioether (sulfide) groups is 1. The van der Waals surface area contributed by atoms with E-state index < -0.39 is 0 Å². The Hall–Kier alpha value is -0.840. The van der Waals surface area contributed by atoms with Gasteiger partial charge in [0, 0.05) is 5.92 Å². The molecule has 15 heavy (non-hydrogen) atoms. The number of nitrogens with zero attached hydrogens (tertiary/aromatic N) is 3. The summed E-state index contributed by atoms with van der Waals surface area (Å²) in [5.74, 6) is 1.96. The molecule has 3 rings (SSSR count). The van der Waals surface area contributed by atoms with Crippen LogP contribution in [0, 0.1) is 0 Å². The fraction of sp³-hybridized carbons (Fsp3) is 0.700. The van der Waals surface area contributed by atoms with Gasteiger partial charge in [0.2, 0.25) is 0 Å². The first-order chi connectivity index (χ1) is 7.34. The molecule has 2 heterocycles. The summed E-state index contributed by atoms with van der Waals surface area (Å²) in [4.78, 5) is 15.9. The van der Waals surface area contributed by atoms with E-state index >= 15 is 0 Å². The fourth-order valence-corrected chi connectivity index (χ4v) is 3.09. The van der Waals surface area contributed by atoms with Gasteiger partial charge in [0.25, 0.3) is 5.91 Å². The third kappa shape index (κ3) is 1.58. The molecule has 1 aliphatic heterocycles. The first kappa shape index (κ1) is 9.39. The Bertz CT molecular complexity index is 395. The summed E-state index contributed by atoms with van der Waals surface area (Å²) in [5.41, 5.74) is 0. The van der Waals surface area contributed by atoms with E-state index in [-0.39, 0.29) is 5.91 Å². The standard InChI is InChI=1S/C10H13N3OS/c14-8-6-15-10-11-9(12-13(8)10)7-4-2-1-3-5-7/h7H,1-6H2. The first-order valence-corrected chi connectivity index (χ1v) is 6.46. The minimum Gasteiger partial charge on any atom is -0.271 e. The van der Waals surface area contributed by atoms with Gasteiger partial charge in [0.05, 0.1) is 5.75 Å². The molecule has 4 nitrogen and oxygen atoms in total. The average Bonchev–Trinajstić information content (AvgIpc) is 2.83. The topological polar surface area (TPSA) is 47.8 Å². The van der Waals surface area contributed by atoms with Crippen molar-refractivity contribution in [3.05, 3.63) is 5.82 Å². The summed E-state index contributed by atoms with van der Waals surface area (Å²) in [6, 6.07) is 0. The van der Waals surface area contributed by atoms with Crippen molar-refractivity contribution < 1.29 is 4.79 Å². The molecule has 2 aliphatic rings. The van der Waals surface area contributed by atoms with Gasteiger partial charge in [-0.3, -0.25) is 4.79 Å². The Morgan fingerprint density at radius 2 is 2.07 bits per heavy atom. The lowest BCUT2D eigenvalue weighted by molar-refractivity contribution is 0.0922. The molecular formula is C10H13N3OS. The van der Waals surface area contributed by atoms with E-state index in [0.717, 1.165) is 11.0 Å². The van der Waals surface area contributed by atoms with Crippen molar-refractivity contribution in [1.29, 1.82) is 0 Å². The number of hydrogen-bond donors (Lipinski definition) is 0. The van der Waals surface area contributed by atoms with Gasteiger partial charge in [-0.05, 0) is 12.8 Å². The van der Waals surface area contributed by atoms with Crippen LogP contribution in [0.4, 0.5) is 0 Å². The van der Waals surface area contributed by atoms with Crippen molar-refractivity contribution in [2.24, 2.45) is 0 Å². The number of hydrogen-bond acceptors (Lipinski definition) is 4. The molecular weight excluding hydrogens is 210 g/mol. The summed E-state index contributed by atoms with van der Waals surface area (Å²) in [6.07, 6.45) is 6.24. The van der Waals surface area contributed by atoms with Crippen LogP contribution in [0.2, 0.25) is 0 Å². The van der Waals surface area contributed by atoms with E-state index in [4.69, 9.17) is 0 Å². The smallest absolute Gasteiger partial charge is 0.259 e. The Balaban J connectivity index is 1.87. The molecule has 0 unspecified atom stereocenters. The number of carbonyl (C=O) groups excluding carboxylic acids is 1. The monoisotopic (exact) mass is 223 g/mol.